The van der Waals surface area contributed by atoms with Crippen LogP contribution in [0.25, 0.3) is 0 Å². The monoisotopic (exact) mass is 194 g/mol. The average Bonchev–Trinajstić information content (AvgIpc) is 2.68. The lowest BCUT2D eigenvalue weighted by molar-refractivity contribution is -0.0627. The van der Waals surface area contributed by atoms with Crippen LogP contribution in [0.1, 0.15) is 18.3 Å². The van der Waals surface area contributed by atoms with E-state index in [9.17, 15) is 0 Å². The van der Waals surface area contributed by atoms with Crippen LogP contribution in [0.5, 0.6) is 0 Å². The molecule has 1 heterocycles. The molecule has 3 heteroatoms. The minimum Gasteiger partial charge on any atom is -0.396 e. The fraction of sp³-hybridized carbons (Fsp3) is 0.455. The third-order valence-corrected chi connectivity index (χ3v) is 2.27. The van der Waals surface area contributed by atoms with Crippen molar-refractivity contribution < 1.29 is 14.6 Å². The Kier molecular flexibility index (Phi) is 3.14. The van der Waals surface area contributed by atoms with Crippen LogP contribution in [0.15, 0.2) is 30.3 Å². The minimum atomic E-state index is -0.257. The van der Waals surface area contributed by atoms with Gasteiger partial charge >= 0.3 is 0 Å². The van der Waals surface area contributed by atoms with E-state index in [1.807, 2.05) is 30.3 Å². The number of aliphatic hydroxyl groups is 1. The molecule has 0 radical (unpaired) electrons. The third-order valence-electron chi connectivity index (χ3n) is 2.27. The molecule has 3 nitrogen and oxygen atoms in total. The summed E-state index contributed by atoms with van der Waals surface area (Å²) in [6.07, 6.45) is 0.418. The summed E-state index contributed by atoms with van der Waals surface area (Å²) < 4.78 is 11.1. The Hall–Kier alpha value is -0.900. The molecule has 1 aliphatic rings. The second kappa shape index (κ2) is 4.55. The van der Waals surface area contributed by atoms with Crippen LogP contribution in [0.2, 0.25) is 0 Å². The molecular formula is C11H14O3. The molecular weight excluding hydrogens is 180 g/mol. The molecule has 1 saturated heterocycles. The zero-order valence-electron chi connectivity index (χ0n) is 7.93. The van der Waals surface area contributed by atoms with E-state index >= 15 is 0 Å². The van der Waals surface area contributed by atoms with E-state index in [1.54, 1.807) is 0 Å². The summed E-state index contributed by atoms with van der Waals surface area (Å²) >= 11 is 0. The lowest BCUT2D eigenvalue weighted by Gasteiger charge is -2.10. The summed E-state index contributed by atoms with van der Waals surface area (Å²) in [6, 6.07) is 9.84. The van der Waals surface area contributed by atoms with Crippen LogP contribution in [0.3, 0.4) is 0 Å². The molecule has 2 rings (SSSR count). The molecule has 0 saturated carbocycles. The Labute approximate surface area is 83.3 Å². The van der Waals surface area contributed by atoms with Crippen molar-refractivity contribution in [3.63, 3.8) is 0 Å². The predicted molar refractivity (Wildman–Crippen MR) is 51.7 cm³/mol. The Bertz CT molecular complexity index is 273. The van der Waals surface area contributed by atoms with Crippen molar-refractivity contribution in [2.75, 3.05) is 13.2 Å². The van der Waals surface area contributed by atoms with Gasteiger partial charge < -0.3 is 14.6 Å². The highest BCUT2D eigenvalue weighted by atomic mass is 16.7. The number of aliphatic hydroxyl groups excluding tert-OH is 1. The van der Waals surface area contributed by atoms with Gasteiger partial charge in [-0.3, -0.25) is 0 Å². The largest absolute Gasteiger partial charge is 0.396 e. The smallest absolute Gasteiger partial charge is 0.184 e. The van der Waals surface area contributed by atoms with Crippen LogP contribution < -0.4 is 0 Å². The van der Waals surface area contributed by atoms with E-state index < -0.39 is 0 Å². The molecule has 14 heavy (non-hydrogen) atoms. The number of hydrogen-bond donors (Lipinski definition) is 1. The van der Waals surface area contributed by atoms with Crippen LogP contribution in [-0.4, -0.2) is 24.4 Å². The van der Waals surface area contributed by atoms with Gasteiger partial charge in [0.25, 0.3) is 0 Å². The Balaban J connectivity index is 1.96. The summed E-state index contributed by atoms with van der Waals surface area (Å²) in [4.78, 5) is 0. The topological polar surface area (TPSA) is 38.7 Å². The third kappa shape index (κ3) is 2.12. The molecule has 0 aromatic heterocycles. The lowest BCUT2D eigenvalue weighted by atomic mass is 10.2. The first-order valence-corrected chi connectivity index (χ1v) is 4.83. The molecule has 1 fully saturated rings. The molecule has 0 amide bonds. The van der Waals surface area contributed by atoms with Crippen molar-refractivity contribution in [1.82, 2.24) is 0 Å². The zero-order valence-corrected chi connectivity index (χ0v) is 7.93. The lowest BCUT2D eigenvalue weighted by Crippen LogP contribution is -2.11. The molecule has 1 aliphatic heterocycles. The van der Waals surface area contributed by atoms with Crippen molar-refractivity contribution in [2.24, 2.45) is 0 Å². The van der Waals surface area contributed by atoms with Crippen molar-refractivity contribution in [1.29, 1.82) is 0 Å². The fourth-order valence-corrected chi connectivity index (χ4v) is 1.53. The average molecular weight is 194 g/mol. The molecule has 1 aromatic carbocycles. The van der Waals surface area contributed by atoms with Gasteiger partial charge in [0.15, 0.2) is 6.29 Å². The maximum Gasteiger partial charge on any atom is 0.184 e. The van der Waals surface area contributed by atoms with Crippen LogP contribution in [0.4, 0.5) is 0 Å². The molecule has 0 bridgehead atoms. The van der Waals surface area contributed by atoms with E-state index in [1.165, 1.54) is 0 Å². The van der Waals surface area contributed by atoms with Crippen molar-refractivity contribution in [3.05, 3.63) is 35.9 Å². The Morgan fingerprint density at radius 1 is 1.29 bits per heavy atom. The van der Waals surface area contributed by atoms with E-state index in [0.29, 0.717) is 13.0 Å². The highest BCUT2D eigenvalue weighted by Crippen LogP contribution is 2.27. The molecule has 2 atom stereocenters. The summed E-state index contributed by atoms with van der Waals surface area (Å²) in [6.45, 7) is 0.718. The number of benzene rings is 1. The van der Waals surface area contributed by atoms with Gasteiger partial charge in [0, 0.05) is 12.2 Å². The van der Waals surface area contributed by atoms with Gasteiger partial charge in [-0.15, -0.1) is 0 Å². The number of rotatable bonds is 3. The van der Waals surface area contributed by atoms with Crippen LogP contribution in [0, 0.1) is 0 Å². The van der Waals surface area contributed by atoms with Crippen molar-refractivity contribution in [2.45, 2.75) is 18.8 Å². The Morgan fingerprint density at radius 2 is 2.07 bits per heavy atom. The molecule has 1 unspecified atom stereocenters. The van der Waals surface area contributed by atoms with Gasteiger partial charge in [0.1, 0.15) is 0 Å². The van der Waals surface area contributed by atoms with Gasteiger partial charge in [-0.05, 0) is 6.42 Å². The quantitative estimate of drug-likeness (QED) is 0.792. The summed E-state index contributed by atoms with van der Waals surface area (Å²) in [5.74, 6) is 0. The minimum absolute atomic E-state index is 0.0326. The summed E-state index contributed by atoms with van der Waals surface area (Å²) in [5.41, 5.74) is 1.04. The molecule has 0 aliphatic carbocycles. The van der Waals surface area contributed by atoms with Gasteiger partial charge in [0.05, 0.1) is 12.7 Å². The van der Waals surface area contributed by atoms with Crippen molar-refractivity contribution >= 4 is 0 Å². The zero-order chi connectivity index (χ0) is 9.80. The standard InChI is InChI=1S/C11H14O3/c12-7-6-10-8-13-11(14-10)9-4-2-1-3-5-9/h1-5,10-12H,6-8H2/t10-,11?/m1/s1. The van der Waals surface area contributed by atoms with Gasteiger partial charge in [-0.1, -0.05) is 30.3 Å². The molecule has 1 N–H and O–H groups in total. The fourth-order valence-electron chi connectivity index (χ4n) is 1.53. The van der Waals surface area contributed by atoms with Gasteiger partial charge in [0.2, 0.25) is 0 Å². The first-order valence-electron chi connectivity index (χ1n) is 4.83. The molecule has 1 aromatic rings. The normalized spacial score (nSPS) is 26.6. The van der Waals surface area contributed by atoms with Crippen LogP contribution >= 0.6 is 0 Å². The van der Waals surface area contributed by atoms with Gasteiger partial charge in [-0.25, -0.2) is 0 Å². The second-order valence-corrected chi connectivity index (χ2v) is 3.35. The van der Waals surface area contributed by atoms with Crippen LogP contribution in [-0.2, 0) is 9.47 Å². The Morgan fingerprint density at radius 3 is 2.79 bits per heavy atom. The molecule has 76 valence electrons. The van der Waals surface area contributed by atoms with Gasteiger partial charge in [-0.2, -0.15) is 0 Å². The van der Waals surface area contributed by atoms with Crippen molar-refractivity contribution in [3.8, 4) is 0 Å². The maximum atomic E-state index is 8.75. The summed E-state index contributed by atoms with van der Waals surface area (Å²) in [5, 5.41) is 8.75. The van der Waals surface area contributed by atoms with E-state index in [2.05, 4.69) is 0 Å². The maximum absolute atomic E-state index is 8.75. The highest BCUT2D eigenvalue weighted by molar-refractivity contribution is 5.16. The first-order chi connectivity index (χ1) is 6.90. The van der Waals surface area contributed by atoms with E-state index in [0.717, 1.165) is 5.56 Å². The number of ether oxygens (including phenoxy) is 2. The second-order valence-electron chi connectivity index (χ2n) is 3.35. The summed E-state index contributed by atoms with van der Waals surface area (Å²) in [7, 11) is 0. The first kappa shape index (κ1) is 9.65. The predicted octanol–water partition coefficient (Wildman–Crippen LogP) is 1.48. The SMILES string of the molecule is OCC[C@@H]1COC(c2ccccc2)O1. The highest BCUT2D eigenvalue weighted by Gasteiger charge is 2.26. The number of hydrogen-bond acceptors (Lipinski definition) is 3. The molecule has 0 spiro atoms. The van der Waals surface area contributed by atoms with E-state index in [-0.39, 0.29) is 19.0 Å². The van der Waals surface area contributed by atoms with E-state index in [4.69, 9.17) is 14.6 Å².